The zero-order valence-corrected chi connectivity index (χ0v) is 19.6. The summed E-state index contributed by atoms with van der Waals surface area (Å²) in [7, 11) is 4.89. The minimum absolute atomic E-state index is 0.119. The first-order valence-electron chi connectivity index (χ1n) is 11.5. The van der Waals surface area contributed by atoms with Crippen LogP contribution >= 0.6 is 0 Å². The van der Waals surface area contributed by atoms with E-state index in [1.54, 1.807) is 21.3 Å². The summed E-state index contributed by atoms with van der Waals surface area (Å²) in [5, 5.41) is 12.7. The fourth-order valence-electron chi connectivity index (χ4n) is 5.24. The summed E-state index contributed by atoms with van der Waals surface area (Å²) in [4.78, 5) is 15.1. The van der Waals surface area contributed by atoms with Gasteiger partial charge in [0.15, 0.2) is 11.5 Å². The summed E-state index contributed by atoms with van der Waals surface area (Å²) >= 11 is 0. The fraction of sp³-hybridized carbons (Fsp3) is 0.440. The Labute approximate surface area is 194 Å². The third-order valence-electron chi connectivity index (χ3n) is 6.96. The predicted molar refractivity (Wildman–Crippen MR) is 129 cm³/mol. The molecule has 2 amide bonds. The number of hydrogen-bond acceptors (Lipinski definition) is 6. The first-order valence-corrected chi connectivity index (χ1v) is 11.5. The van der Waals surface area contributed by atoms with E-state index in [0.29, 0.717) is 30.0 Å². The highest BCUT2D eigenvalue weighted by atomic mass is 16.5. The van der Waals surface area contributed by atoms with E-state index < -0.39 is 0 Å². The van der Waals surface area contributed by atoms with Crippen LogP contribution in [0.4, 0.5) is 10.5 Å². The number of methoxy groups -OCH3 is 2. The van der Waals surface area contributed by atoms with Crippen LogP contribution in [0.1, 0.15) is 30.0 Å². The van der Waals surface area contributed by atoms with Gasteiger partial charge < -0.3 is 25.0 Å². The summed E-state index contributed by atoms with van der Waals surface area (Å²) in [6, 6.07) is 13.3. The van der Waals surface area contributed by atoms with Crippen LogP contribution in [-0.2, 0) is 6.42 Å². The van der Waals surface area contributed by atoms with Gasteiger partial charge in [-0.25, -0.2) is 9.80 Å². The molecule has 2 saturated heterocycles. The topological polar surface area (TPSA) is 78.4 Å². The summed E-state index contributed by atoms with van der Waals surface area (Å²) in [5.74, 6) is 1.31. The van der Waals surface area contributed by atoms with Gasteiger partial charge in [-0.15, -0.1) is 0 Å². The molecule has 174 valence electrons. The second-order valence-electron chi connectivity index (χ2n) is 8.96. The second kappa shape index (κ2) is 8.59. The lowest BCUT2D eigenvalue weighted by molar-refractivity contribution is 0.184. The van der Waals surface area contributed by atoms with Crippen molar-refractivity contribution in [3.63, 3.8) is 0 Å². The van der Waals surface area contributed by atoms with Crippen molar-refractivity contribution in [2.24, 2.45) is 5.10 Å². The molecule has 0 aliphatic carbocycles. The van der Waals surface area contributed by atoms with Crippen LogP contribution in [0.2, 0.25) is 0 Å². The molecule has 0 radical (unpaired) electrons. The molecular weight excluding hydrogens is 418 g/mol. The van der Waals surface area contributed by atoms with Crippen LogP contribution in [0.5, 0.6) is 11.5 Å². The Morgan fingerprint density at radius 1 is 1.15 bits per heavy atom. The number of carbonyl (C=O) groups excluding carboxylic acids is 1. The largest absolute Gasteiger partial charge is 0.493 e. The van der Waals surface area contributed by atoms with Crippen molar-refractivity contribution in [2.75, 3.05) is 39.3 Å². The van der Waals surface area contributed by atoms with Gasteiger partial charge in [0, 0.05) is 49.0 Å². The van der Waals surface area contributed by atoms with Gasteiger partial charge in [0.1, 0.15) is 0 Å². The van der Waals surface area contributed by atoms with E-state index in [-0.39, 0.29) is 12.1 Å². The molecule has 3 heterocycles. The highest BCUT2D eigenvalue weighted by Crippen LogP contribution is 2.35. The Balaban J connectivity index is 1.58. The normalized spacial score (nSPS) is 23.6. The number of carbonyl (C=O) groups is 1. The molecule has 0 saturated carbocycles. The molecular formula is C25H31N5O3. The molecule has 1 unspecified atom stereocenters. The number of fused-ring (bicyclic) bond motifs is 3. The van der Waals surface area contributed by atoms with Crippen LogP contribution < -0.4 is 25.0 Å². The standard InChI is InChI=1S/C25H31N5O3/c1-15-9-17-10-22(32-3)23(33-4)12-21(17)24(28-30(15)25(31)26-2)16-5-7-19(8-6-16)29-14-18-11-20(29)13-27-18/h5-8,10,12,15,18,20,27H,9,11,13-14H2,1-4H3,(H,26,31)/t15?,18-,20-/m0/s1. The molecule has 3 atom stereocenters. The molecule has 33 heavy (non-hydrogen) atoms. The Morgan fingerprint density at radius 3 is 2.48 bits per heavy atom. The highest BCUT2D eigenvalue weighted by Gasteiger charge is 2.37. The fourth-order valence-corrected chi connectivity index (χ4v) is 5.24. The Kier molecular flexibility index (Phi) is 5.62. The van der Waals surface area contributed by atoms with Crippen molar-refractivity contribution >= 4 is 17.4 Å². The van der Waals surface area contributed by atoms with E-state index in [9.17, 15) is 4.79 Å². The monoisotopic (exact) mass is 449 g/mol. The van der Waals surface area contributed by atoms with Gasteiger partial charge in [0.05, 0.1) is 26.0 Å². The lowest BCUT2D eigenvalue weighted by atomic mass is 9.94. The second-order valence-corrected chi connectivity index (χ2v) is 8.96. The van der Waals surface area contributed by atoms with Crippen molar-refractivity contribution in [1.29, 1.82) is 0 Å². The van der Waals surface area contributed by atoms with E-state index in [1.807, 2.05) is 19.1 Å². The van der Waals surface area contributed by atoms with Gasteiger partial charge in [0.25, 0.3) is 0 Å². The maximum Gasteiger partial charge on any atom is 0.337 e. The van der Waals surface area contributed by atoms with Gasteiger partial charge >= 0.3 is 6.03 Å². The van der Waals surface area contributed by atoms with Gasteiger partial charge in [-0.2, -0.15) is 5.10 Å². The lowest BCUT2D eigenvalue weighted by Crippen LogP contribution is -2.43. The molecule has 2 N–H and O–H groups in total. The first-order chi connectivity index (χ1) is 16.0. The van der Waals surface area contributed by atoms with Gasteiger partial charge in [-0.3, -0.25) is 0 Å². The smallest absolute Gasteiger partial charge is 0.337 e. The number of nitrogens with one attached hydrogen (secondary N) is 2. The molecule has 5 rings (SSSR count). The minimum atomic E-state index is -0.232. The number of ether oxygens (including phenoxy) is 2. The zero-order valence-electron chi connectivity index (χ0n) is 19.6. The van der Waals surface area contributed by atoms with Crippen LogP contribution in [0.3, 0.4) is 0 Å². The van der Waals surface area contributed by atoms with E-state index in [4.69, 9.17) is 14.6 Å². The summed E-state index contributed by atoms with van der Waals surface area (Å²) in [6.07, 6.45) is 1.86. The number of piperazine rings is 1. The molecule has 8 heteroatoms. The maximum absolute atomic E-state index is 12.7. The molecule has 0 aromatic heterocycles. The van der Waals surface area contributed by atoms with Crippen molar-refractivity contribution < 1.29 is 14.3 Å². The number of urea groups is 1. The highest BCUT2D eigenvalue weighted by molar-refractivity contribution is 6.14. The number of anilines is 1. The summed E-state index contributed by atoms with van der Waals surface area (Å²) < 4.78 is 11.1. The number of hydrazone groups is 1. The van der Waals surface area contributed by atoms with E-state index in [1.165, 1.54) is 17.1 Å². The first kappa shape index (κ1) is 21.6. The van der Waals surface area contributed by atoms with Crippen LogP contribution in [0.15, 0.2) is 41.5 Å². The molecule has 2 bridgehead atoms. The third-order valence-corrected chi connectivity index (χ3v) is 6.96. The number of hydrogen-bond donors (Lipinski definition) is 2. The number of nitrogens with zero attached hydrogens (tertiary/aromatic N) is 3. The van der Waals surface area contributed by atoms with Crippen LogP contribution in [-0.4, -0.2) is 69.2 Å². The molecule has 3 aliphatic rings. The predicted octanol–water partition coefficient (Wildman–Crippen LogP) is 2.59. The molecule has 2 aromatic rings. The van der Waals surface area contributed by atoms with E-state index in [2.05, 4.69) is 39.8 Å². The van der Waals surface area contributed by atoms with Gasteiger partial charge in [-0.05, 0) is 49.6 Å². The number of amides is 2. The summed E-state index contributed by atoms with van der Waals surface area (Å²) in [6.45, 7) is 4.10. The molecule has 2 fully saturated rings. The average molecular weight is 450 g/mol. The van der Waals surface area contributed by atoms with E-state index >= 15 is 0 Å². The van der Waals surface area contributed by atoms with Crippen molar-refractivity contribution in [1.82, 2.24) is 15.6 Å². The Bertz CT molecular complexity index is 1080. The number of benzene rings is 2. The van der Waals surface area contributed by atoms with Crippen LogP contribution in [0, 0.1) is 0 Å². The molecule has 8 nitrogen and oxygen atoms in total. The Hall–Kier alpha value is -3.26. The van der Waals surface area contributed by atoms with Crippen molar-refractivity contribution in [3.05, 3.63) is 53.1 Å². The summed E-state index contributed by atoms with van der Waals surface area (Å²) in [5.41, 5.74) is 4.94. The third kappa shape index (κ3) is 3.78. The lowest BCUT2D eigenvalue weighted by Gasteiger charge is -2.29. The average Bonchev–Trinajstić information content (AvgIpc) is 3.45. The van der Waals surface area contributed by atoms with Crippen molar-refractivity contribution in [3.8, 4) is 11.5 Å². The zero-order chi connectivity index (χ0) is 23.1. The molecule has 0 spiro atoms. The van der Waals surface area contributed by atoms with Crippen molar-refractivity contribution in [2.45, 2.75) is 37.9 Å². The molecule has 3 aliphatic heterocycles. The quantitative estimate of drug-likeness (QED) is 0.750. The van der Waals surface area contributed by atoms with Crippen LogP contribution in [0.25, 0.3) is 0 Å². The van der Waals surface area contributed by atoms with Gasteiger partial charge in [-0.1, -0.05) is 12.1 Å². The minimum Gasteiger partial charge on any atom is -0.493 e. The van der Waals surface area contributed by atoms with Gasteiger partial charge in [0.2, 0.25) is 0 Å². The Morgan fingerprint density at radius 2 is 1.88 bits per heavy atom. The van der Waals surface area contributed by atoms with E-state index in [0.717, 1.165) is 35.5 Å². The number of rotatable bonds is 4. The molecule has 2 aromatic carbocycles. The SMILES string of the molecule is CNC(=O)N1N=C(c2ccc(N3C[C@@H]4C[C@H]3CN4)cc2)c2cc(OC)c(OC)cc2CC1C. The maximum atomic E-state index is 12.7.